The fourth-order valence-corrected chi connectivity index (χ4v) is 4.11. The van der Waals surface area contributed by atoms with Gasteiger partial charge in [0.2, 0.25) is 0 Å². The summed E-state index contributed by atoms with van der Waals surface area (Å²) in [5.41, 5.74) is 6.36. The molecule has 32 heavy (non-hydrogen) atoms. The first-order chi connectivity index (χ1) is 15.5. The summed E-state index contributed by atoms with van der Waals surface area (Å²) >= 11 is 0. The van der Waals surface area contributed by atoms with Crippen LogP contribution < -0.4 is 4.74 Å². The Morgan fingerprint density at radius 3 is 2.28 bits per heavy atom. The first-order valence-corrected chi connectivity index (χ1v) is 10.7. The van der Waals surface area contributed by atoms with E-state index in [4.69, 9.17) is 9.72 Å². The molecule has 0 saturated heterocycles. The fourth-order valence-electron chi connectivity index (χ4n) is 4.11. The molecule has 0 radical (unpaired) electrons. The third-order valence-electron chi connectivity index (χ3n) is 5.75. The van der Waals surface area contributed by atoms with Crippen LogP contribution in [0.15, 0.2) is 84.9 Å². The molecule has 0 fully saturated rings. The van der Waals surface area contributed by atoms with Gasteiger partial charge in [-0.15, -0.1) is 0 Å². The summed E-state index contributed by atoms with van der Waals surface area (Å²) < 4.78 is 5.84. The van der Waals surface area contributed by atoms with E-state index in [1.54, 1.807) is 0 Å². The molecule has 0 aliphatic carbocycles. The number of aryl methyl sites for hydroxylation is 3. The molecule has 1 heterocycles. The Labute approximate surface area is 187 Å². The fraction of sp³-hybridized carbons (Fsp3) is 0.103. The van der Waals surface area contributed by atoms with Gasteiger partial charge in [0.15, 0.2) is 0 Å². The van der Waals surface area contributed by atoms with Crippen LogP contribution in [0.3, 0.4) is 0 Å². The van der Waals surface area contributed by atoms with Gasteiger partial charge in [-0.1, -0.05) is 71.8 Å². The molecule has 4 aromatic carbocycles. The van der Waals surface area contributed by atoms with Crippen molar-refractivity contribution in [2.75, 3.05) is 0 Å². The zero-order valence-electron chi connectivity index (χ0n) is 18.3. The zero-order valence-corrected chi connectivity index (χ0v) is 18.3. The molecule has 0 N–H and O–H groups in total. The standard InChI is InChI=1S/C29H23NO2/c1-18-8-10-22(11-9-18)27-17-26(25-15-19(2)14-20(3)28(25)30-27)29(31)32-24-13-12-21-6-4-5-7-23(21)16-24/h4-17H,1-3H3. The highest BCUT2D eigenvalue weighted by molar-refractivity contribution is 6.06. The van der Waals surface area contributed by atoms with Gasteiger partial charge >= 0.3 is 5.97 Å². The summed E-state index contributed by atoms with van der Waals surface area (Å²) in [6.07, 6.45) is 0. The van der Waals surface area contributed by atoms with Crippen molar-refractivity contribution in [3.05, 3.63) is 107 Å². The monoisotopic (exact) mass is 417 g/mol. The number of nitrogens with zero attached hydrogens (tertiary/aromatic N) is 1. The van der Waals surface area contributed by atoms with Crippen molar-refractivity contribution in [1.82, 2.24) is 4.98 Å². The minimum Gasteiger partial charge on any atom is -0.423 e. The smallest absolute Gasteiger partial charge is 0.344 e. The average molecular weight is 418 g/mol. The number of carbonyl (C=O) groups excluding carboxylic acids is 1. The number of carbonyl (C=O) groups is 1. The second-order valence-corrected chi connectivity index (χ2v) is 8.30. The zero-order chi connectivity index (χ0) is 22.2. The molecule has 0 spiro atoms. The molecule has 0 unspecified atom stereocenters. The van der Waals surface area contributed by atoms with Gasteiger partial charge in [0, 0.05) is 10.9 Å². The van der Waals surface area contributed by atoms with Gasteiger partial charge in [-0.05, 0) is 61.4 Å². The lowest BCUT2D eigenvalue weighted by Crippen LogP contribution is -2.10. The van der Waals surface area contributed by atoms with Crippen molar-refractivity contribution in [3.8, 4) is 17.0 Å². The van der Waals surface area contributed by atoms with E-state index in [0.717, 1.165) is 44.1 Å². The summed E-state index contributed by atoms with van der Waals surface area (Å²) in [4.78, 5) is 18.3. The summed E-state index contributed by atoms with van der Waals surface area (Å²) in [5.74, 6) is 0.144. The molecular weight excluding hydrogens is 394 g/mol. The minimum atomic E-state index is -0.383. The normalized spacial score (nSPS) is 11.1. The van der Waals surface area contributed by atoms with Gasteiger partial charge in [-0.25, -0.2) is 9.78 Å². The van der Waals surface area contributed by atoms with Crippen molar-refractivity contribution in [1.29, 1.82) is 0 Å². The Bertz CT molecular complexity index is 1480. The molecular formula is C29H23NO2. The third-order valence-corrected chi connectivity index (χ3v) is 5.75. The third kappa shape index (κ3) is 3.74. The Kier molecular flexibility index (Phi) is 4.95. The Hall–Kier alpha value is -3.98. The number of esters is 1. The van der Waals surface area contributed by atoms with Gasteiger partial charge in [-0.2, -0.15) is 0 Å². The lowest BCUT2D eigenvalue weighted by atomic mass is 9.99. The number of benzene rings is 4. The molecule has 1 aromatic heterocycles. The van der Waals surface area contributed by atoms with E-state index in [1.165, 1.54) is 5.56 Å². The van der Waals surface area contributed by atoms with Crippen molar-refractivity contribution in [2.24, 2.45) is 0 Å². The van der Waals surface area contributed by atoms with Gasteiger partial charge < -0.3 is 4.74 Å². The van der Waals surface area contributed by atoms with Crippen molar-refractivity contribution < 1.29 is 9.53 Å². The lowest BCUT2D eigenvalue weighted by Gasteiger charge is -2.13. The van der Waals surface area contributed by atoms with Crippen LogP contribution in [0.1, 0.15) is 27.0 Å². The number of fused-ring (bicyclic) bond motifs is 2. The van der Waals surface area contributed by atoms with E-state index in [2.05, 4.69) is 25.1 Å². The number of hydrogen-bond donors (Lipinski definition) is 0. The number of rotatable bonds is 3. The minimum absolute atomic E-state index is 0.383. The van der Waals surface area contributed by atoms with E-state index < -0.39 is 0 Å². The predicted molar refractivity (Wildman–Crippen MR) is 130 cm³/mol. The van der Waals surface area contributed by atoms with Crippen molar-refractivity contribution in [3.63, 3.8) is 0 Å². The summed E-state index contributed by atoms with van der Waals surface area (Å²) in [6.45, 7) is 6.11. The predicted octanol–water partition coefficient (Wildman–Crippen LogP) is 7.20. The van der Waals surface area contributed by atoms with E-state index in [1.807, 2.05) is 80.6 Å². The van der Waals surface area contributed by atoms with E-state index in [9.17, 15) is 4.79 Å². The van der Waals surface area contributed by atoms with Gasteiger partial charge in [0.25, 0.3) is 0 Å². The number of ether oxygens (including phenoxy) is 1. The molecule has 5 aromatic rings. The highest BCUT2D eigenvalue weighted by Gasteiger charge is 2.18. The van der Waals surface area contributed by atoms with Crippen LogP contribution in [-0.2, 0) is 0 Å². The first kappa shape index (κ1) is 20.0. The summed E-state index contributed by atoms with van der Waals surface area (Å²) in [6, 6.07) is 27.8. The molecule has 0 amide bonds. The number of pyridine rings is 1. The molecule has 0 bridgehead atoms. The van der Waals surface area contributed by atoms with Crippen LogP contribution in [-0.4, -0.2) is 11.0 Å². The van der Waals surface area contributed by atoms with Crippen LogP contribution in [0.25, 0.3) is 32.9 Å². The van der Waals surface area contributed by atoms with Crippen LogP contribution in [0.5, 0.6) is 5.75 Å². The highest BCUT2D eigenvalue weighted by Crippen LogP contribution is 2.29. The molecule has 156 valence electrons. The lowest BCUT2D eigenvalue weighted by molar-refractivity contribution is 0.0737. The van der Waals surface area contributed by atoms with Gasteiger partial charge in [0.1, 0.15) is 5.75 Å². The number of hydrogen-bond acceptors (Lipinski definition) is 3. The first-order valence-electron chi connectivity index (χ1n) is 10.7. The number of aromatic nitrogens is 1. The molecule has 3 nitrogen and oxygen atoms in total. The molecule has 3 heteroatoms. The summed E-state index contributed by atoms with van der Waals surface area (Å²) in [7, 11) is 0. The highest BCUT2D eigenvalue weighted by atomic mass is 16.5. The topological polar surface area (TPSA) is 39.2 Å². The quantitative estimate of drug-likeness (QED) is 0.230. The van der Waals surface area contributed by atoms with Gasteiger partial charge in [0.05, 0.1) is 16.8 Å². The van der Waals surface area contributed by atoms with Crippen molar-refractivity contribution in [2.45, 2.75) is 20.8 Å². The Morgan fingerprint density at radius 2 is 1.50 bits per heavy atom. The van der Waals surface area contributed by atoms with E-state index >= 15 is 0 Å². The maximum absolute atomic E-state index is 13.4. The second-order valence-electron chi connectivity index (χ2n) is 8.30. The molecule has 0 aliphatic heterocycles. The second kappa shape index (κ2) is 7.93. The van der Waals surface area contributed by atoms with Gasteiger partial charge in [-0.3, -0.25) is 0 Å². The van der Waals surface area contributed by atoms with Crippen LogP contribution in [0.4, 0.5) is 0 Å². The molecule has 0 atom stereocenters. The van der Waals surface area contributed by atoms with E-state index in [-0.39, 0.29) is 5.97 Å². The molecule has 0 aliphatic rings. The maximum Gasteiger partial charge on any atom is 0.344 e. The largest absolute Gasteiger partial charge is 0.423 e. The Morgan fingerprint density at radius 1 is 0.750 bits per heavy atom. The van der Waals surface area contributed by atoms with Crippen LogP contribution >= 0.6 is 0 Å². The Balaban J connectivity index is 1.63. The van der Waals surface area contributed by atoms with Crippen LogP contribution in [0.2, 0.25) is 0 Å². The average Bonchev–Trinajstić information content (AvgIpc) is 2.79. The SMILES string of the molecule is Cc1ccc(-c2cc(C(=O)Oc3ccc4ccccc4c3)c3cc(C)cc(C)c3n2)cc1. The maximum atomic E-state index is 13.4. The van der Waals surface area contributed by atoms with Crippen LogP contribution in [0, 0.1) is 20.8 Å². The van der Waals surface area contributed by atoms with Crippen molar-refractivity contribution >= 4 is 27.6 Å². The van der Waals surface area contributed by atoms with E-state index in [0.29, 0.717) is 11.3 Å². The molecule has 5 rings (SSSR count). The summed E-state index contributed by atoms with van der Waals surface area (Å²) in [5, 5.41) is 2.95. The molecule has 0 saturated carbocycles.